The molecule has 2 aromatic carbocycles. The number of thiocarbonyl (C=S) groups is 1. The summed E-state index contributed by atoms with van der Waals surface area (Å²) in [6.45, 7) is 0.405. The zero-order valence-corrected chi connectivity index (χ0v) is 15.6. The fraction of sp³-hybridized carbons (Fsp3) is 0.111. The van der Waals surface area contributed by atoms with Crippen LogP contribution in [0.15, 0.2) is 47.4 Å². The molecule has 0 saturated carbocycles. The number of aromatic hydroxyl groups is 1. The molecule has 1 aliphatic rings. The molecule has 3 rings (SSSR count). The normalized spacial score (nSPS) is 15.9. The van der Waals surface area contributed by atoms with Crippen LogP contribution >= 0.6 is 35.6 Å². The Morgan fingerprint density at radius 2 is 2.00 bits per heavy atom. The summed E-state index contributed by atoms with van der Waals surface area (Å²) in [5, 5.41) is 9.72. The molecule has 4 nitrogen and oxygen atoms in total. The van der Waals surface area contributed by atoms with Gasteiger partial charge in [-0.1, -0.05) is 53.8 Å². The number of thioether (sulfide) groups is 1. The quantitative estimate of drug-likeness (QED) is 0.616. The van der Waals surface area contributed by atoms with Crippen LogP contribution in [-0.4, -0.2) is 27.3 Å². The van der Waals surface area contributed by atoms with E-state index in [9.17, 15) is 9.90 Å². The Morgan fingerprint density at radius 1 is 1.28 bits per heavy atom. The molecule has 1 saturated heterocycles. The van der Waals surface area contributed by atoms with E-state index in [1.807, 2.05) is 24.3 Å². The third-order valence-corrected chi connectivity index (χ3v) is 5.32. The molecule has 0 aromatic heterocycles. The first-order valence-corrected chi connectivity index (χ1v) is 8.95. The van der Waals surface area contributed by atoms with Gasteiger partial charge in [-0.05, 0) is 41.5 Å². The minimum absolute atomic E-state index is 0.00544. The van der Waals surface area contributed by atoms with E-state index >= 15 is 0 Å². The fourth-order valence-corrected chi connectivity index (χ4v) is 3.76. The maximum absolute atomic E-state index is 12.6. The minimum Gasteiger partial charge on any atom is -0.506 e. The summed E-state index contributed by atoms with van der Waals surface area (Å²) in [5.41, 5.74) is 1.69. The van der Waals surface area contributed by atoms with Gasteiger partial charge in [-0.15, -0.1) is 0 Å². The highest BCUT2D eigenvalue weighted by Gasteiger charge is 2.31. The van der Waals surface area contributed by atoms with Crippen molar-refractivity contribution in [1.82, 2.24) is 4.90 Å². The lowest BCUT2D eigenvalue weighted by Gasteiger charge is -2.14. The van der Waals surface area contributed by atoms with Crippen molar-refractivity contribution in [2.24, 2.45) is 0 Å². The summed E-state index contributed by atoms with van der Waals surface area (Å²) in [5.74, 6) is 0.624. The van der Waals surface area contributed by atoms with Crippen LogP contribution in [0.4, 0.5) is 0 Å². The number of carbonyl (C=O) groups is 1. The van der Waals surface area contributed by atoms with Gasteiger partial charge in [0, 0.05) is 0 Å². The van der Waals surface area contributed by atoms with Crippen LogP contribution in [0.5, 0.6) is 11.5 Å². The molecule has 0 unspecified atom stereocenters. The number of hydrogen-bond acceptors (Lipinski definition) is 5. The predicted molar refractivity (Wildman–Crippen MR) is 105 cm³/mol. The Morgan fingerprint density at radius 3 is 2.64 bits per heavy atom. The van der Waals surface area contributed by atoms with Gasteiger partial charge >= 0.3 is 0 Å². The summed E-state index contributed by atoms with van der Waals surface area (Å²) < 4.78 is 5.65. The van der Waals surface area contributed by atoms with E-state index in [1.165, 1.54) is 17.8 Å². The van der Waals surface area contributed by atoms with Gasteiger partial charge in [-0.3, -0.25) is 9.69 Å². The van der Waals surface area contributed by atoms with Crippen molar-refractivity contribution in [3.8, 4) is 11.5 Å². The van der Waals surface area contributed by atoms with Crippen LogP contribution in [0, 0.1) is 0 Å². The number of halogens is 1. The Labute approximate surface area is 160 Å². The predicted octanol–water partition coefficient (Wildman–Crippen LogP) is 4.46. The molecule has 128 valence electrons. The average molecular weight is 392 g/mol. The number of nitrogens with zero attached hydrogens (tertiary/aromatic N) is 1. The first-order valence-electron chi connectivity index (χ1n) is 7.35. The minimum atomic E-state index is -0.144. The first kappa shape index (κ1) is 17.8. The molecule has 25 heavy (non-hydrogen) atoms. The first-order chi connectivity index (χ1) is 12.0. The van der Waals surface area contributed by atoms with Crippen molar-refractivity contribution in [2.45, 2.75) is 6.54 Å². The summed E-state index contributed by atoms with van der Waals surface area (Å²) in [4.78, 5) is 14.7. The van der Waals surface area contributed by atoms with Gasteiger partial charge in [0.05, 0.1) is 23.6 Å². The summed E-state index contributed by atoms with van der Waals surface area (Å²) in [6.07, 6.45) is 1.72. The number of phenols is 1. The second kappa shape index (κ2) is 7.47. The maximum atomic E-state index is 12.6. The smallest absolute Gasteiger partial charge is 0.266 e. The summed E-state index contributed by atoms with van der Waals surface area (Å²) >= 11 is 12.5. The Kier molecular flexibility index (Phi) is 5.32. The number of methoxy groups -OCH3 is 1. The Balaban J connectivity index is 1.79. The van der Waals surface area contributed by atoms with Crippen LogP contribution in [0.1, 0.15) is 11.1 Å². The summed E-state index contributed by atoms with van der Waals surface area (Å²) in [6, 6.07) is 12.3. The molecule has 0 spiro atoms. The largest absolute Gasteiger partial charge is 0.506 e. The standard InChI is InChI=1S/C18H14ClNO3S2/c1-23-13-5-2-11(3-6-13)10-20-17(22)16(25-18(20)24)9-12-4-7-15(21)14(19)8-12/h2-9,21H,10H2,1H3/b16-9-. The Bertz CT molecular complexity index is 865. The molecular weight excluding hydrogens is 378 g/mol. The molecule has 0 radical (unpaired) electrons. The van der Waals surface area contributed by atoms with Crippen LogP contribution in [-0.2, 0) is 11.3 Å². The lowest BCUT2D eigenvalue weighted by molar-refractivity contribution is -0.122. The highest BCUT2D eigenvalue weighted by molar-refractivity contribution is 8.26. The highest BCUT2D eigenvalue weighted by Crippen LogP contribution is 2.34. The lowest BCUT2D eigenvalue weighted by Crippen LogP contribution is -2.27. The second-order valence-corrected chi connectivity index (χ2v) is 7.41. The van der Waals surface area contributed by atoms with Crippen molar-refractivity contribution in [3.63, 3.8) is 0 Å². The zero-order chi connectivity index (χ0) is 18.0. The molecule has 7 heteroatoms. The topological polar surface area (TPSA) is 49.8 Å². The van der Waals surface area contributed by atoms with E-state index in [0.717, 1.165) is 16.9 Å². The molecule has 1 N–H and O–H groups in total. The van der Waals surface area contributed by atoms with Crippen molar-refractivity contribution in [1.29, 1.82) is 0 Å². The van der Waals surface area contributed by atoms with Gasteiger partial charge in [-0.2, -0.15) is 0 Å². The van der Waals surface area contributed by atoms with E-state index in [-0.39, 0.29) is 16.7 Å². The fourth-order valence-electron chi connectivity index (χ4n) is 2.31. The molecule has 1 heterocycles. The molecule has 0 bridgehead atoms. The third-order valence-electron chi connectivity index (χ3n) is 3.64. The molecule has 1 aliphatic heterocycles. The zero-order valence-electron chi connectivity index (χ0n) is 13.2. The van der Waals surface area contributed by atoms with Crippen molar-refractivity contribution < 1.29 is 14.6 Å². The number of benzene rings is 2. The molecular formula is C18H14ClNO3S2. The SMILES string of the molecule is COc1ccc(CN2C(=O)/C(=C/c3ccc(O)c(Cl)c3)SC2=S)cc1. The van der Waals surface area contributed by atoms with E-state index in [2.05, 4.69) is 0 Å². The van der Waals surface area contributed by atoms with Gasteiger partial charge in [0.1, 0.15) is 15.8 Å². The molecule has 1 fully saturated rings. The number of phenolic OH excluding ortho intramolecular Hbond substituents is 1. The highest BCUT2D eigenvalue weighted by atomic mass is 35.5. The molecule has 0 aliphatic carbocycles. The van der Waals surface area contributed by atoms with Crippen molar-refractivity contribution in [3.05, 3.63) is 63.5 Å². The van der Waals surface area contributed by atoms with E-state index < -0.39 is 0 Å². The number of ether oxygens (including phenoxy) is 1. The molecule has 1 amide bonds. The third kappa shape index (κ3) is 3.98. The lowest BCUT2D eigenvalue weighted by atomic mass is 10.2. The van der Waals surface area contributed by atoms with E-state index in [0.29, 0.717) is 15.8 Å². The van der Waals surface area contributed by atoms with Gasteiger partial charge in [0.2, 0.25) is 0 Å². The van der Waals surface area contributed by atoms with E-state index in [4.69, 9.17) is 28.6 Å². The Hall–Kier alpha value is -2.02. The molecule has 0 atom stereocenters. The van der Waals surface area contributed by atoms with Gasteiger partial charge in [0.15, 0.2) is 0 Å². The monoisotopic (exact) mass is 391 g/mol. The summed E-state index contributed by atoms with van der Waals surface area (Å²) in [7, 11) is 1.61. The van der Waals surface area contributed by atoms with Crippen LogP contribution < -0.4 is 4.74 Å². The van der Waals surface area contributed by atoms with Gasteiger partial charge in [0.25, 0.3) is 5.91 Å². The van der Waals surface area contributed by atoms with Gasteiger partial charge in [-0.25, -0.2) is 0 Å². The number of hydrogen-bond donors (Lipinski definition) is 1. The number of carbonyl (C=O) groups excluding carboxylic acids is 1. The van der Waals surface area contributed by atoms with Gasteiger partial charge < -0.3 is 9.84 Å². The molecule has 2 aromatic rings. The van der Waals surface area contributed by atoms with Crippen LogP contribution in [0.25, 0.3) is 6.08 Å². The second-order valence-electron chi connectivity index (χ2n) is 5.33. The van der Waals surface area contributed by atoms with Crippen molar-refractivity contribution in [2.75, 3.05) is 7.11 Å². The van der Waals surface area contributed by atoms with Crippen LogP contribution in [0.3, 0.4) is 0 Å². The number of amides is 1. The maximum Gasteiger partial charge on any atom is 0.266 e. The van der Waals surface area contributed by atoms with E-state index in [1.54, 1.807) is 30.2 Å². The van der Waals surface area contributed by atoms with Crippen molar-refractivity contribution >= 4 is 51.9 Å². The number of rotatable bonds is 4. The van der Waals surface area contributed by atoms with Crippen LogP contribution in [0.2, 0.25) is 5.02 Å². The average Bonchev–Trinajstić information content (AvgIpc) is 2.86.